The third kappa shape index (κ3) is 9.87. The van der Waals surface area contributed by atoms with Gasteiger partial charge in [-0.2, -0.15) is 0 Å². The van der Waals surface area contributed by atoms with Gasteiger partial charge in [-0.05, 0) is 80.8 Å². The molecule has 0 spiro atoms. The molecule has 2 rings (SSSR count). The number of hydrogen-bond donors (Lipinski definition) is 2. The molecular formula is C22H35N3OS. The van der Waals surface area contributed by atoms with Crippen LogP contribution < -0.4 is 10.5 Å². The van der Waals surface area contributed by atoms with Crippen molar-refractivity contribution in [1.29, 1.82) is 0 Å². The molecule has 1 amide bonds. The van der Waals surface area contributed by atoms with Crippen LogP contribution in [0.4, 0.5) is 5.69 Å². The number of anilines is 1. The summed E-state index contributed by atoms with van der Waals surface area (Å²) in [6.07, 6.45) is 16.0. The van der Waals surface area contributed by atoms with Crippen molar-refractivity contribution < 1.29 is 4.79 Å². The number of carbonyl (C=O) groups excluding carboxylic acids is 1. The molecule has 0 radical (unpaired) electrons. The minimum absolute atomic E-state index is 0.207. The number of hydrogen-bond acceptors (Lipinski definition) is 4. The highest BCUT2D eigenvalue weighted by Crippen LogP contribution is 2.16. The quantitative estimate of drug-likeness (QED) is 0.224. The largest absolute Gasteiger partial charge is 0.399 e. The van der Waals surface area contributed by atoms with E-state index in [1.54, 1.807) is 18.0 Å². The zero-order chi connectivity index (χ0) is 19.2. The van der Waals surface area contributed by atoms with Gasteiger partial charge in [0.2, 0.25) is 5.91 Å². The molecule has 1 heterocycles. The maximum absolute atomic E-state index is 12.0. The van der Waals surface area contributed by atoms with Crippen molar-refractivity contribution in [3.05, 3.63) is 36.4 Å². The minimum Gasteiger partial charge on any atom is -0.399 e. The number of allylic oxidation sites excluding steroid dienone is 1. The number of carbonyl (C=O) groups is 1. The zero-order valence-electron chi connectivity index (χ0n) is 16.5. The van der Waals surface area contributed by atoms with Gasteiger partial charge in [-0.15, -0.1) is 0 Å². The summed E-state index contributed by atoms with van der Waals surface area (Å²) in [6, 6.07) is 7.95. The molecule has 0 aliphatic carbocycles. The Labute approximate surface area is 169 Å². The summed E-state index contributed by atoms with van der Waals surface area (Å²) in [6.45, 7) is 2.92. The molecule has 0 unspecified atom stereocenters. The van der Waals surface area contributed by atoms with Crippen LogP contribution in [-0.2, 0) is 4.79 Å². The predicted octanol–water partition coefficient (Wildman–Crippen LogP) is 5.16. The number of likely N-dealkylation sites (tertiary alicyclic amines) is 1. The van der Waals surface area contributed by atoms with Gasteiger partial charge in [0.25, 0.3) is 0 Å². The Morgan fingerprint density at radius 1 is 1.00 bits per heavy atom. The fourth-order valence-corrected chi connectivity index (χ4v) is 3.93. The second-order valence-electron chi connectivity index (χ2n) is 7.26. The first kappa shape index (κ1) is 21.8. The molecule has 1 aliphatic rings. The molecule has 5 heteroatoms. The number of benzene rings is 1. The predicted molar refractivity (Wildman–Crippen MR) is 117 cm³/mol. The molecule has 0 atom stereocenters. The number of piperidine rings is 1. The lowest BCUT2D eigenvalue weighted by molar-refractivity contribution is -0.126. The summed E-state index contributed by atoms with van der Waals surface area (Å²) < 4.78 is 3.41. The lowest BCUT2D eigenvalue weighted by Gasteiger charge is -2.25. The molecule has 3 N–H and O–H groups in total. The standard InChI is InChI=1S/C22H35N3OS/c23-20-13-15-21(16-14-20)27-24-17-9-6-4-2-1-3-5-8-12-22(26)25-18-10-7-11-19-25/h8,12-16,24H,1-7,9-11,17-19,23H2/b12-8+. The number of nitrogens with two attached hydrogens (primary N) is 1. The zero-order valence-corrected chi connectivity index (χ0v) is 17.3. The average Bonchev–Trinajstić information content (AvgIpc) is 2.70. The molecule has 1 aromatic rings. The van der Waals surface area contributed by atoms with Crippen molar-refractivity contribution in [3.63, 3.8) is 0 Å². The first-order chi connectivity index (χ1) is 13.3. The molecule has 1 fully saturated rings. The van der Waals surface area contributed by atoms with E-state index in [1.807, 2.05) is 29.2 Å². The van der Waals surface area contributed by atoms with Crippen molar-refractivity contribution in [2.45, 2.75) is 69.1 Å². The number of nitrogen functional groups attached to an aromatic ring is 1. The third-order valence-electron chi connectivity index (χ3n) is 4.90. The van der Waals surface area contributed by atoms with Crippen LogP contribution in [0.1, 0.15) is 64.2 Å². The second-order valence-corrected chi connectivity index (χ2v) is 8.23. The van der Waals surface area contributed by atoms with Crippen LogP contribution in [0.25, 0.3) is 0 Å². The van der Waals surface area contributed by atoms with E-state index in [9.17, 15) is 4.79 Å². The third-order valence-corrected chi connectivity index (χ3v) is 5.75. The van der Waals surface area contributed by atoms with Crippen LogP contribution in [0.2, 0.25) is 0 Å². The van der Waals surface area contributed by atoms with Crippen molar-refractivity contribution in [1.82, 2.24) is 9.62 Å². The first-order valence-corrected chi connectivity index (χ1v) is 11.3. The van der Waals surface area contributed by atoms with Crippen molar-refractivity contribution in [2.75, 3.05) is 25.4 Å². The van der Waals surface area contributed by atoms with E-state index in [-0.39, 0.29) is 5.91 Å². The van der Waals surface area contributed by atoms with Crippen LogP contribution in [-0.4, -0.2) is 30.4 Å². The lowest BCUT2D eigenvalue weighted by atomic mass is 10.1. The normalized spacial score (nSPS) is 14.7. The molecule has 4 nitrogen and oxygen atoms in total. The van der Waals surface area contributed by atoms with E-state index in [4.69, 9.17) is 5.73 Å². The Morgan fingerprint density at radius 2 is 1.67 bits per heavy atom. The Morgan fingerprint density at radius 3 is 2.41 bits per heavy atom. The molecule has 0 aromatic heterocycles. The second kappa shape index (κ2) is 13.7. The van der Waals surface area contributed by atoms with Crippen molar-refractivity contribution in [3.8, 4) is 0 Å². The molecule has 1 saturated heterocycles. The maximum Gasteiger partial charge on any atom is 0.246 e. The van der Waals surface area contributed by atoms with Gasteiger partial charge < -0.3 is 10.6 Å². The summed E-state index contributed by atoms with van der Waals surface area (Å²) in [7, 11) is 0. The van der Waals surface area contributed by atoms with E-state index in [1.165, 1.54) is 49.8 Å². The Balaban J connectivity index is 1.36. The highest BCUT2D eigenvalue weighted by molar-refractivity contribution is 7.97. The fraction of sp³-hybridized carbons (Fsp3) is 0.591. The van der Waals surface area contributed by atoms with E-state index in [2.05, 4.69) is 10.8 Å². The van der Waals surface area contributed by atoms with Crippen LogP contribution in [0, 0.1) is 0 Å². The smallest absolute Gasteiger partial charge is 0.246 e. The SMILES string of the molecule is Nc1ccc(SNCCCCCCCC/C=C/C(=O)N2CCCCC2)cc1. The number of unbranched alkanes of at least 4 members (excludes halogenated alkanes) is 6. The summed E-state index contributed by atoms with van der Waals surface area (Å²) in [5.74, 6) is 0.207. The summed E-state index contributed by atoms with van der Waals surface area (Å²) >= 11 is 1.67. The lowest BCUT2D eigenvalue weighted by Crippen LogP contribution is -2.34. The van der Waals surface area contributed by atoms with E-state index >= 15 is 0 Å². The Kier molecular flexibility index (Phi) is 11.1. The van der Waals surface area contributed by atoms with Gasteiger partial charge in [0.05, 0.1) is 0 Å². The van der Waals surface area contributed by atoms with Gasteiger partial charge in [-0.25, -0.2) is 0 Å². The molecular weight excluding hydrogens is 354 g/mol. The molecule has 1 aromatic carbocycles. The molecule has 0 bridgehead atoms. The van der Waals surface area contributed by atoms with Gasteiger partial charge in [0.1, 0.15) is 0 Å². The summed E-state index contributed by atoms with van der Waals surface area (Å²) in [5.41, 5.74) is 6.49. The highest BCUT2D eigenvalue weighted by atomic mass is 32.2. The maximum atomic E-state index is 12.0. The number of amides is 1. The van der Waals surface area contributed by atoms with E-state index in [0.29, 0.717) is 0 Å². The highest BCUT2D eigenvalue weighted by Gasteiger charge is 2.13. The van der Waals surface area contributed by atoms with Gasteiger partial charge in [-0.1, -0.05) is 31.8 Å². The summed E-state index contributed by atoms with van der Waals surface area (Å²) in [4.78, 5) is 15.2. The van der Waals surface area contributed by atoms with Crippen LogP contribution in [0.5, 0.6) is 0 Å². The fourth-order valence-electron chi connectivity index (χ4n) is 3.24. The van der Waals surface area contributed by atoms with E-state index in [0.717, 1.165) is 44.6 Å². The number of rotatable bonds is 12. The van der Waals surface area contributed by atoms with Crippen molar-refractivity contribution in [2.24, 2.45) is 0 Å². The molecule has 1 aliphatic heterocycles. The van der Waals surface area contributed by atoms with Crippen LogP contribution in [0.15, 0.2) is 41.3 Å². The monoisotopic (exact) mass is 389 g/mol. The van der Waals surface area contributed by atoms with Gasteiger partial charge >= 0.3 is 0 Å². The van der Waals surface area contributed by atoms with Crippen LogP contribution in [0.3, 0.4) is 0 Å². The van der Waals surface area contributed by atoms with E-state index < -0.39 is 0 Å². The van der Waals surface area contributed by atoms with Crippen molar-refractivity contribution >= 4 is 23.5 Å². The number of nitrogens with zero attached hydrogens (tertiary/aromatic N) is 1. The van der Waals surface area contributed by atoms with Crippen LogP contribution >= 0.6 is 11.9 Å². The van der Waals surface area contributed by atoms with Gasteiger partial charge in [-0.3, -0.25) is 9.52 Å². The Bertz CT molecular complexity index is 553. The molecule has 150 valence electrons. The van der Waals surface area contributed by atoms with Gasteiger partial charge in [0.15, 0.2) is 0 Å². The number of nitrogens with one attached hydrogen (secondary N) is 1. The van der Waals surface area contributed by atoms with Gasteiger partial charge in [0, 0.05) is 30.2 Å². The Hall–Kier alpha value is -1.46. The topological polar surface area (TPSA) is 58.4 Å². The minimum atomic E-state index is 0.207. The average molecular weight is 390 g/mol. The first-order valence-electron chi connectivity index (χ1n) is 10.5. The summed E-state index contributed by atoms with van der Waals surface area (Å²) in [5, 5.41) is 0. The molecule has 27 heavy (non-hydrogen) atoms. The molecule has 0 saturated carbocycles.